The number of nitrogens with zero attached hydrogens (tertiary/aromatic N) is 4. The van der Waals surface area contributed by atoms with E-state index in [1.807, 2.05) is 10.6 Å². The van der Waals surface area contributed by atoms with Gasteiger partial charge >= 0.3 is 0 Å². The maximum atomic E-state index is 13.7. The Morgan fingerprint density at radius 3 is 3.14 bits per heavy atom. The smallest absolute Gasteiger partial charge is 0.224 e. The van der Waals surface area contributed by atoms with Crippen molar-refractivity contribution >= 4 is 23.1 Å². The molecule has 0 aliphatic carbocycles. The second kappa shape index (κ2) is 4.96. The second-order valence-corrected chi connectivity index (χ2v) is 5.02. The van der Waals surface area contributed by atoms with Gasteiger partial charge in [0.15, 0.2) is 11.6 Å². The minimum absolute atomic E-state index is 0.0162. The number of anilines is 2. The molecule has 3 heterocycles. The molecule has 22 heavy (non-hydrogen) atoms. The molecule has 0 amide bonds. The van der Waals surface area contributed by atoms with Crippen molar-refractivity contribution in [3.63, 3.8) is 0 Å². The summed E-state index contributed by atoms with van der Waals surface area (Å²) in [5.74, 6) is 0.168. The molecule has 0 bridgehead atoms. The Morgan fingerprint density at radius 1 is 1.32 bits per heavy atom. The van der Waals surface area contributed by atoms with Gasteiger partial charge in [0.05, 0.1) is 30.1 Å². The number of benzene rings is 1. The Balaban J connectivity index is 1.73. The highest BCUT2D eigenvalue weighted by molar-refractivity contribution is 6.28. The van der Waals surface area contributed by atoms with Crippen molar-refractivity contribution in [2.45, 2.75) is 6.61 Å². The van der Waals surface area contributed by atoms with Crippen LogP contribution in [0.4, 0.5) is 15.9 Å². The van der Waals surface area contributed by atoms with Gasteiger partial charge in [0.2, 0.25) is 5.28 Å². The van der Waals surface area contributed by atoms with Crippen LogP contribution >= 0.6 is 11.6 Å². The molecule has 8 heteroatoms. The number of aromatic nitrogens is 4. The molecule has 110 valence electrons. The van der Waals surface area contributed by atoms with E-state index in [9.17, 15) is 4.39 Å². The van der Waals surface area contributed by atoms with Crippen LogP contribution in [0, 0.1) is 5.82 Å². The Hall–Kier alpha value is -2.67. The topological polar surface area (TPSA) is 64.9 Å². The predicted molar refractivity (Wildman–Crippen MR) is 78.2 cm³/mol. The lowest BCUT2D eigenvalue weighted by atomic mass is 10.2. The maximum absolute atomic E-state index is 13.7. The van der Waals surface area contributed by atoms with Crippen LogP contribution in [-0.2, 0) is 6.61 Å². The van der Waals surface area contributed by atoms with Crippen LogP contribution in [0.1, 0.15) is 5.69 Å². The first-order valence-corrected chi connectivity index (χ1v) is 6.82. The third kappa shape index (κ3) is 2.15. The molecule has 1 aromatic carbocycles. The van der Waals surface area contributed by atoms with E-state index < -0.39 is 5.82 Å². The fraction of sp³-hybridized carbons (Fsp3) is 0.0714. The lowest BCUT2D eigenvalue weighted by Crippen LogP contribution is -2.11. The number of imidazole rings is 1. The van der Waals surface area contributed by atoms with Crippen molar-refractivity contribution in [1.82, 2.24) is 19.5 Å². The maximum Gasteiger partial charge on any atom is 0.224 e. The van der Waals surface area contributed by atoms with Gasteiger partial charge in [0, 0.05) is 5.69 Å². The van der Waals surface area contributed by atoms with Crippen molar-refractivity contribution in [1.29, 1.82) is 0 Å². The van der Waals surface area contributed by atoms with Gasteiger partial charge in [0.25, 0.3) is 0 Å². The van der Waals surface area contributed by atoms with E-state index in [1.54, 1.807) is 24.7 Å². The summed E-state index contributed by atoms with van der Waals surface area (Å²) in [6.07, 6.45) is 4.47. The Bertz CT molecular complexity index is 866. The van der Waals surface area contributed by atoms with Crippen LogP contribution in [0.3, 0.4) is 0 Å². The highest BCUT2D eigenvalue weighted by atomic mass is 35.5. The summed E-state index contributed by atoms with van der Waals surface area (Å²) in [5.41, 5.74) is 2.42. The van der Waals surface area contributed by atoms with Crippen molar-refractivity contribution in [2.75, 3.05) is 5.32 Å². The largest absolute Gasteiger partial charge is 0.485 e. The summed E-state index contributed by atoms with van der Waals surface area (Å²) in [4.78, 5) is 11.5. The minimum atomic E-state index is -0.582. The van der Waals surface area contributed by atoms with Gasteiger partial charge in [-0.15, -0.1) is 0 Å². The number of rotatable bonds is 2. The Morgan fingerprint density at radius 2 is 2.23 bits per heavy atom. The summed E-state index contributed by atoms with van der Waals surface area (Å²) < 4.78 is 21.3. The number of hydrogen-bond donors (Lipinski definition) is 1. The van der Waals surface area contributed by atoms with E-state index in [2.05, 4.69) is 20.3 Å². The molecule has 6 nitrogen and oxygen atoms in total. The van der Waals surface area contributed by atoms with Gasteiger partial charge in [-0.1, -0.05) is 0 Å². The van der Waals surface area contributed by atoms with Gasteiger partial charge in [-0.25, -0.2) is 14.4 Å². The first-order valence-electron chi connectivity index (χ1n) is 6.44. The van der Waals surface area contributed by atoms with E-state index in [0.29, 0.717) is 12.3 Å². The fourth-order valence-corrected chi connectivity index (χ4v) is 2.41. The molecule has 2 aromatic heterocycles. The van der Waals surface area contributed by atoms with Crippen LogP contribution in [0.2, 0.25) is 5.28 Å². The zero-order chi connectivity index (χ0) is 15.1. The van der Waals surface area contributed by atoms with E-state index >= 15 is 0 Å². The molecule has 0 saturated heterocycles. The quantitative estimate of drug-likeness (QED) is 0.736. The van der Waals surface area contributed by atoms with Crippen molar-refractivity contribution < 1.29 is 9.13 Å². The normalized spacial score (nSPS) is 12.3. The third-order valence-electron chi connectivity index (χ3n) is 3.29. The molecule has 0 spiro atoms. The molecular formula is C14H9ClFN5O. The predicted octanol–water partition coefficient (Wildman–Crippen LogP) is 3.09. The molecule has 4 rings (SSSR count). The summed E-state index contributed by atoms with van der Waals surface area (Å²) in [5, 5.41) is 2.86. The molecule has 0 radical (unpaired) electrons. The summed E-state index contributed by atoms with van der Waals surface area (Å²) >= 11 is 5.69. The minimum Gasteiger partial charge on any atom is -0.485 e. The first-order chi connectivity index (χ1) is 10.7. The van der Waals surface area contributed by atoms with Crippen molar-refractivity contribution in [3.05, 3.63) is 53.7 Å². The fourth-order valence-electron chi connectivity index (χ4n) is 2.27. The average Bonchev–Trinajstić information content (AvgIpc) is 3.00. The SMILES string of the molecule is Fc1cnc(Cl)nc1Nc1ccc2c(c1)-n1cncc1CO2. The highest BCUT2D eigenvalue weighted by Crippen LogP contribution is 2.32. The molecule has 0 saturated carbocycles. The molecule has 0 unspecified atom stereocenters. The number of halogens is 2. The lowest BCUT2D eigenvalue weighted by Gasteiger charge is -2.20. The zero-order valence-corrected chi connectivity index (χ0v) is 11.9. The molecular weight excluding hydrogens is 309 g/mol. The number of nitrogens with one attached hydrogen (secondary N) is 1. The molecule has 1 aliphatic rings. The van der Waals surface area contributed by atoms with Crippen molar-refractivity contribution in [2.24, 2.45) is 0 Å². The van der Waals surface area contributed by atoms with Crippen LogP contribution < -0.4 is 10.1 Å². The van der Waals surface area contributed by atoms with Crippen LogP contribution in [0.15, 0.2) is 36.9 Å². The molecule has 3 aromatic rings. The standard InChI is InChI=1S/C14H9ClFN5O/c15-14-18-5-10(16)13(20-14)19-8-1-2-12-11(3-8)21-7-17-4-9(21)6-22-12/h1-5,7H,6H2,(H,18,19,20). The van der Waals surface area contributed by atoms with Gasteiger partial charge < -0.3 is 10.1 Å². The monoisotopic (exact) mass is 317 g/mol. The van der Waals surface area contributed by atoms with Crippen LogP contribution in [0.25, 0.3) is 5.69 Å². The number of fused-ring (bicyclic) bond motifs is 3. The summed E-state index contributed by atoms with van der Waals surface area (Å²) in [6, 6.07) is 5.41. The molecule has 0 fully saturated rings. The van der Waals surface area contributed by atoms with Crippen LogP contribution in [-0.4, -0.2) is 19.5 Å². The van der Waals surface area contributed by atoms with Gasteiger partial charge in [-0.3, -0.25) is 4.57 Å². The summed E-state index contributed by atoms with van der Waals surface area (Å²) in [7, 11) is 0. The Kier molecular flexibility index (Phi) is 2.93. The molecule has 0 atom stereocenters. The molecule has 1 N–H and O–H groups in total. The van der Waals surface area contributed by atoms with Crippen LogP contribution in [0.5, 0.6) is 5.75 Å². The highest BCUT2D eigenvalue weighted by Gasteiger charge is 2.17. The Labute approximate surface area is 129 Å². The lowest BCUT2D eigenvalue weighted by molar-refractivity contribution is 0.285. The van der Waals surface area contributed by atoms with Crippen molar-refractivity contribution in [3.8, 4) is 11.4 Å². The molecule has 1 aliphatic heterocycles. The first kappa shape index (κ1) is 13.0. The number of hydrogen-bond acceptors (Lipinski definition) is 5. The van der Waals surface area contributed by atoms with Gasteiger partial charge in [-0.2, -0.15) is 4.98 Å². The average molecular weight is 318 g/mol. The zero-order valence-electron chi connectivity index (χ0n) is 11.1. The van der Waals surface area contributed by atoms with E-state index in [0.717, 1.165) is 23.3 Å². The van der Waals surface area contributed by atoms with E-state index in [4.69, 9.17) is 16.3 Å². The van der Waals surface area contributed by atoms with E-state index in [1.165, 1.54) is 0 Å². The summed E-state index contributed by atoms with van der Waals surface area (Å²) in [6.45, 7) is 0.468. The second-order valence-electron chi connectivity index (χ2n) is 4.69. The van der Waals surface area contributed by atoms with Gasteiger partial charge in [-0.05, 0) is 29.8 Å². The third-order valence-corrected chi connectivity index (χ3v) is 3.47. The van der Waals surface area contributed by atoms with E-state index in [-0.39, 0.29) is 11.1 Å². The van der Waals surface area contributed by atoms with Gasteiger partial charge in [0.1, 0.15) is 12.4 Å². The number of ether oxygens (including phenoxy) is 1.